The van der Waals surface area contributed by atoms with Crippen molar-refractivity contribution in [3.63, 3.8) is 0 Å². The molecule has 0 atom stereocenters. The van der Waals surface area contributed by atoms with Gasteiger partial charge < -0.3 is 25.2 Å². The zero-order valence-electron chi connectivity index (χ0n) is 16.4. The summed E-state index contributed by atoms with van der Waals surface area (Å²) in [7, 11) is 0. The highest BCUT2D eigenvalue weighted by atomic mass is 16.5. The lowest BCUT2D eigenvalue weighted by molar-refractivity contribution is 0.102. The van der Waals surface area contributed by atoms with E-state index in [0.717, 1.165) is 69.5 Å². The van der Waals surface area contributed by atoms with Crippen LogP contribution in [0.15, 0.2) is 42.5 Å². The average molecular weight is 380 g/mol. The number of aryl methyl sites for hydroxylation is 1. The molecule has 0 radical (unpaired) electrons. The largest absolute Gasteiger partial charge is 0.378 e. The lowest BCUT2D eigenvalue weighted by Gasteiger charge is -2.31. The number of nitrogens with one attached hydrogen (secondary N) is 2. The Labute approximate surface area is 166 Å². The van der Waals surface area contributed by atoms with Crippen molar-refractivity contribution in [2.24, 2.45) is 0 Å². The van der Waals surface area contributed by atoms with Crippen LogP contribution in [0.2, 0.25) is 0 Å². The number of ether oxygens (including phenoxy) is 1. The second-order valence-electron chi connectivity index (χ2n) is 7.34. The van der Waals surface area contributed by atoms with Gasteiger partial charge >= 0.3 is 0 Å². The van der Waals surface area contributed by atoms with Crippen molar-refractivity contribution in [1.29, 1.82) is 0 Å². The Bertz CT molecular complexity index is 810. The lowest BCUT2D eigenvalue weighted by atomic mass is 10.1. The summed E-state index contributed by atoms with van der Waals surface area (Å²) in [5.41, 5.74) is 5.02. The van der Waals surface area contributed by atoms with Crippen LogP contribution in [0.4, 0.5) is 17.1 Å². The van der Waals surface area contributed by atoms with Gasteiger partial charge in [0.2, 0.25) is 0 Å². The lowest BCUT2D eigenvalue weighted by Crippen LogP contribution is -2.43. The molecule has 0 aromatic heterocycles. The van der Waals surface area contributed by atoms with Gasteiger partial charge in [-0.25, -0.2) is 0 Å². The normalized spacial score (nSPS) is 17.5. The summed E-state index contributed by atoms with van der Waals surface area (Å²) in [5.74, 6) is -0.0736. The molecule has 0 saturated carbocycles. The van der Waals surface area contributed by atoms with Crippen LogP contribution >= 0.6 is 0 Å². The summed E-state index contributed by atoms with van der Waals surface area (Å²) in [6.45, 7) is 9.33. The molecule has 2 aromatic rings. The number of morpholine rings is 1. The van der Waals surface area contributed by atoms with E-state index in [2.05, 4.69) is 39.5 Å². The molecule has 6 nitrogen and oxygen atoms in total. The first-order chi connectivity index (χ1) is 13.7. The number of hydrogen-bond acceptors (Lipinski definition) is 5. The first-order valence-corrected chi connectivity index (χ1v) is 10.0. The van der Waals surface area contributed by atoms with E-state index >= 15 is 0 Å². The Morgan fingerprint density at radius 1 is 0.964 bits per heavy atom. The molecule has 1 amide bonds. The first kappa shape index (κ1) is 18.8. The van der Waals surface area contributed by atoms with Gasteiger partial charge in [-0.3, -0.25) is 4.79 Å². The smallest absolute Gasteiger partial charge is 0.255 e. The maximum absolute atomic E-state index is 12.8. The summed E-state index contributed by atoms with van der Waals surface area (Å²) in [6, 6.07) is 14.0. The Balaban J connectivity index is 1.44. The fourth-order valence-electron chi connectivity index (χ4n) is 3.78. The Morgan fingerprint density at radius 2 is 1.68 bits per heavy atom. The highest BCUT2D eigenvalue weighted by molar-refractivity contribution is 6.05. The molecule has 2 saturated heterocycles. The fourth-order valence-corrected chi connectivity index (χ4v) is 3.78. The third-order valence-corrected chi connectivity index (χ3v) is 5.43. The number of carbonyl (C=O) groups is 1. The maximum Gasteiger partial charge on any atom is 0.255 e. The summed E-state index contributed by atoms with van der Waals surface area (Å²) < 4.78 is 5.40. The molecule has 2 aromatic carbocycles. The summed E-state index contributed by atoms with van der Waals surface area (Å²) in [4.78, 5) is 17.4. The molecule has 2 N–H and O–H groups in total. The van der Waals surface area contributed by atoms with Crippen LogP contribution in [-0.2, 0) is 4.74 Å². The SMILES string of the molecule is Cc1ccc(C(=O)Nc2ccc(N3CCOCC3)cc2)cc1N1CCNCC1. The van der Waals surface area contributed by atoms with Gasteiger partial charge in [0.25, 0.3) is 5.91 Å². The van der Waals surface area contributed by atoms with Crippen LogP contribution in [0.5, 0.6) is 0 Å². The third-order valence-electron chi connectivity index (χ3n) is 5.43. The molecular formula is C22H28N4O2. The van der Waals surface area contributed by atoms with E-state index in [9.17, 15) is 4.79 Å². The highest BCUT2D eigenvalue weighted by Crippen LogP contribution is 2.24. The minimum absolute atomic E-state index is 0.0736. The molecule has 4 rings (SSSR count). The van der Waals surface area contributed by atoms with E-state index in [0.29, 0.717) is 5.56 Å². The monoisotopic (exact) mass is 380 g/mol. The van der Waals surface area contributed by atoms with E-state index in [1.807, 2.05) is 30.3 Å². The van der Waals surface area contributed by atoms with Crippen molar-refractivity contribution in [2.75, 3.05) is 67.6 Å². The summed E-state index contributed by atoms with van der Waals surface area (Å²) in [6.07, 6.45) is 0. The van der Waals surface area contributed by atoms with Crippen molar-refractivity contribution in [3.8, 4) is 0 Å². The number of piperazine rings is 1. The van der Waals surface area contributed by atoms with Gasteiger partial charge in [-0.05, 0) is 48.9 Å². The number of carbonyl (C=O) groups excluding carboxylic acids is 1. The van der Waals surface area contributed by atoms with Crippen LogP contribution in [0, 0.1) is 6.92 Å². The third kappa shape index (κ3) is 4.29. The highest BCUT2D eigenvalue weighted by Gasteiger charge is 2.16. The molecule has 6 heteroatoms. The minimum atomic E-state index is -0.0736. The molecule has 0 unspecified atom stereocenters. The molecular weight excluding hydrogens is 352 g/mol. The van der Waals surface area contributed by atoms with Crippen LogP contribution in [0.1, 0.15) is 15.9 Å². The van der Waals surface area contributed by atoms with Gasteiger partial charge in [-0.15, -0.1) is 0 Å². The van der Waals surface area contributed by atoms with Gasteiger partial charge in [0, 0.05) is 61.9 Å². The Morgan fingerprint density at radius 3 is 2.39 bits per heavy atom. The van der Waals surface area contributed by atoms with Crippen LogP contribution in [-0.4, -0.2) is 58.4 Å². The van der Waals surface area contributed by atoms with Crippen LogP contribution in [0.25, 0.3) is 0 Å². The van der Waals surface area contributed by atoms with E-state index < -0.39 is 0 Å². The molecule has 0 aliphatic carbocycles. The maximum atomic E-state index is 12.8. The Hall–Kier alpha value is -2.57. The zero-order chi connectivity index (χ0) is 19.3. The van der Waals surface area contributed by atoms with Gasteiger partial charge in [0.15, 0.2) is 0 Å². The van der Waals surface area contributed by atoms with Crippen molar-refractivity contribution in [2.45, 2.75) is 6.92 Å². The predicted molar refractivity (Wildman–Crippen MR) is 114 cm³/mol. The average Bonchev–Trinajstić information content (AvgIpc) is 2.76. The summed E-state index contributed by atoms with van der Waals surface area (Å²) >= 11 is 0. The van der Waals surface area contributed by atoms with Gasteiger partial charge in [0.1, 0.15) is 0 Å². The van der Waals surface area contributed by atoms with Gasteiger partial charge in [-0.2, -0.15) is 0 Å². The number of anilines is 3. The standard InChI is InChI=1S/C22H28N4O2/c1-17-2-3-18(16-21(17)26-10-8-23-9-11-26)22(27)24-19-4-6-20(7-5-19)25-12-14-28-15-13-25/h2-7,16,23H,8-15H2,1H3,(H,24,27). The molecule has 0 bridgehead atoms. The fraction of sp³-hybridized carbons (Fsp3) is 0.409. The van der Waals surface area contributed by atoms with E-state index in [-0.39, 0.29) is 5.91 Å². The van der Waals surface area contributed by atoms with Crippen LogP contribution in [0.3, 0.4) is 0 Å². The summed E-state index contributed by atoms with van der Waals surface area (Å²) in [5, 5.41) is 6.40. The topological polar surface area (TPSA) is 56.8 Å². The predicted octanol–water partition coefficient (Wildman–Crippen LogP) is 2.49. The number of benzene rings is 2. The molecule has 2 aliphatic heterocycles. The number of hydrogen-bond donors (Lipinski definition) is 2. The molecule has 148 valence electrons. The van der Waals surface area contributed by atoms with Crippen molar-refractivity contribution in [1.82, 2.24) is 5.32 Å². The number of amides is 1. The first-order valence-electron chi connectivity index (χ1n) is 10.0. The molecule has 0 spiro atoms. The second kappa shape index (κ2) is 8.63. The number of nitrogens with zero attached hydrogens (tertiary/aromatic N) is 2. The quantitative estimate of drug-likeness (QED) is 0.854. The van der Waals surface area contributed by atoms with Gasteiger partial charge in [0.05, 0.1) is 13.2 Å². The van der Waals surface area contributed by atoms with Gasteiger partial charge in [-0.1, -0.05) is 6.07 Å². The minimum Gasteiger partial charge on any atom is -0.378 e. The van der Waals surface area contributed by atoms with Crippen LogP contribution < -0.4 is 20.4 Å². The molecule has 2 aliphatic rings. The number of rotatable bonds is 4. The van der Waals surface area contributed by atoms with E-state index in [4.69, 9.17) is 4.74 Å². The van der Waals surface area contributed by atoms with E-state index in [1.165, 1.54) is 5.56 Å². The Kier molecular flexibility index (Phi) is 5.78. The van der Waals surface area contributed by atoms with Crippen molar-refractivity contribution < 1.29 is 9.53 Å². The molecule has 2 heterocycles. The van der Waals surface area contributed by atoms with Crippen molar-refractivity contribution in [3.05, 3.63) is 53.6 Å². The molecule has 2 fully saturated rings. The van der Waals surface area contributed by atoms with E-state index in [1.54, 1.807) is 0 Å². The van der Waals surface area contributed by atoms with Crippen molar-refractivity contribution >= 4 is 23.0 Å². The zero-order valence-corrected chi connectivity index (χ0v) is 16.4. The second-order valence-corrected chi connectivity index (χ2v) is 7.34. The molecule has 28 heavy (non-hydrogen) atoms.